The minimum atomic E-state index is 0.0624. The molecule has 16 heavy (non-hydrogen) atoms. The summed E-state index contributed by atoms with van der Waals surface area (Å²) in [5.41, 5.74) is 1.31. The lowest BCUT2D eigenvalue weighted by molar-refractivity contribution is 0.218. The zero-order valence-electron chi connectivity index (χ0n) is 9.83. The van der Waals surface area contributed by atoms with E-state index in [9.17, 15) is 5.11 Å². The molecule has 0 saturated heterocycles. The normalized spacial score (nSPS) is 19.1. The van der Waals surface area contributed by atoms with Gasteiger partial charge in [-0.15, -0.1) is 0 Å². The fourth-order valence-corrected chi connectivity index (χ4v) is 3.06. The van der Waals surface area contributed by atoms with Gasteiger partial charge in [-0.3, -0.25) is 0 Å². The van der Waals surface area contributed by atoms with Gasteiger partial charge in [-0.1, -0.05) is 19.8 Å². The number of nitrogens with one attached hydrogen (secondary N) is 1. The van der Waals surface area contributed by atoms with E-state index in [2.05, 4.69) is 16.5 Å². The summed E-state index contributed by atoms with van der Waals surface area (Å²) in [5, 5.41) is 9.28. The summed E-state index contributed by atoms with van der Waals surface area (Å²) < 4.78 is 2.81. The Hall–Kier alpha value is -0.610. The first-order chi connectivity index (χ1) is 7.71. The maximum atomic E-state index is 9.28. The standard InChI is InChI=1S/C12H20N2OS/c1-2-12(5-3-4-6-12)9-14-10(8-15)7-13-11(14)16/h7,15H,2-6,8-9H2,1H3,(H,13,16). The molecule has 0 spiro atoms. The molecule has 4 heteroatoms. The second-order valence-corrected chi connectivity index (χ2v) is 5.28. The third kappa shape index (κ3) is 2.09. The van der Waals surface area contributed by atoms with Crippen LogP contribution in [0.4, 0.5) is 0 Å². The summed E-state index contributed by atoms with van der Waals surface area (Å²) in [7, 11) is 0. The van der Waals surface area contributed by atoms with Crippen molar-refractivity contribution in [3.05, 3.63) is 16.7 Å². The Kier molecular flexibility index (Phi) is 3.50. The van der Waals surface area contributed by atoms with Crippen molar-refractivity contribution in [3.63, 3.8) is 0 Å². The Labute approximate surface area is 102 Å². The monoisotopic (exact) mass is 240 g/mol. The minimum Gasteiger partial charge on any atom is -0.390 e. The van der Waals surface area contributed by atoms with Crippen molar-refractivity contribution in [2.24, 2.45) is 5.41 Å². The smallest absolute Gasteiger partial charge is 0.177 e. The molecule has 1 aromatic heterocycles. The average Bonchev–Trinajstić information content (AvgIpc) is 2.89. The van der Waals surface area contributed by atoms with Crippen molar-refractivity contribution >= 4 is 12.2 Å². The third-order valence-electron chi connectivity index (χ3n) is 4.02. The van der Waals surface area contributed by atoms with Gasteiger partial charge in [-0.25, -0.2) is 0 Å². The summed E-state index contributed by atoms with van der Waals surface area (Å²) >= 11 is 5.27. The molecule has 1 aromatic rings. The highest BCUT2D eigenvalue weighted by Gasteiger charge is 2.32. The average molecular weight is 240 g/mol. The maximum Gasteiger partial charge on any atom is 0.177 e. The van der Waals surface area contributed by atoms with Gasteiger partial charge in [0.05, 0.1) is 12.3 Å². The van der Waals surface area contributed by atoms with Crippen LogP contribution >= 0.6 is 12.2 Å². The lowest BCUT2D eigenvalue weighted by atomic mass is 9.83. The van der Waals surface area contributed by atoms with Crippen LogP contribution in [-0.4, -0.2) is 14.7 Å². The van der Waals surface area contributed by atoms with Crippen molar-refractivity contribution in [1.29, 1.82) is 0 Å². The molecule has 1 heterocycles. The van der Waals surface area contributed by atoms with Crippen molar-refractivity contribution in [2.75, 3.05) is 0 Å². The van der Waals surface area contributed by atoms with Gasteiger partial charge in [0, 0.05) is 12.7 Å². The van der Waals surface area contributed by atoms with Crippen LogP contribution in [-0.2, 0) is 13.2 Å². The second kappa shape index (κ2) is 4.72. The van der Waals surface area contributed by atoms with Crippen molar-refractivity contribution in [3.8, 4) is 0 Å². The molecule has 0 amide bonds. The summed E-state index contributed by atoms with van der Waals surface area (Å²) in [6.45, 7) is 3.29. The van der Waals surface area contributed by atoms with E-state index in [1.165, 1.54) is 32.1 Å². The SMILES string of the molecule is CCC1(Cn2c(CO)c[nH]c2=S)CCCC1. The molecule has 2 N–H and O–H groups in total. The van der Waals surface area contributed by atoms with Crippen LogP contribution in [0.5, 0.6) is 0 Å². The molecule has 0 aliphatic heterocycles. The predicted molar refractivity (Wildman–Crippen MR) is 66.7 cm³/mol. The summed E-state index contributed by atoms with van der Waals surface area (Å²) in [4.78, 5) is 3.02. The molecule has 3 nitrogen and oxygen atoms in total. The van der Waals surface area contributed by atoms with Gasteiger partial charge in [-0.05, 0) is 36.9 Å². The molecule has 0 radical (unpaired) electrons. The quantitative estimate of drug-likeness (QED) is 0.794. The molecule has 1 aliphatic rings. The molecular formula is C12H20N2OS. The van der Waals surface area contributed by atoms with Crippen LogP contribution in [0, 0.1) is 10.2 Å². The van der Waals surface area contributed by atoms with E-state index in [-0.39, 0.29) is 6.61 Å². The molecule has 90 valence electrons. The topological polar surface area (TPSA) is 41.0 Å². The Morgan fingerprint density at radius 3 is 2.75 bits per heavy atom. The van der Waals surface area contributed by atoms with E-state index in [0.29, 0.717) is 5.41 Å². The first kappa shape index (κ1) is 11.9. The molecule has 2 rings (SSSR count). The van der Waals surface area contributed by atoms with Crippen molar-refractivity contribution in [1.82, 2.24) is 9.55 Å². The van der Waals surface area contributed by atoms with Gasteiger partial charge in [0.1, 0.15) is 0 Å². The first-order valence-electron chi connectivity index (χ1n) is 6.09. The highest BCUT2D eigenvalue weighted by molar-refractivity contribution is 7.71. The third-order valence-corrected chi connectivity index (χ3v) is 4.36. The Bertz CT molecular complexity index is 401. The number of rotatable bonds is 4. The number of H-pyrrole nitrogens is 1. The largest absolute Gasteiger partial charge is 0.390 e. The van der Waals surface area contributed by atoms with E-state index in [0.717, 1.165) is 17.0 Å². The highest BCUT2D eigenvalue weighted by Crippen LogP contribution is 2.42. The first-order valence-corrected chi connectivity index (χ1v) is 6.49. The zero-order chi connectivity index (χ0) is 11.6. The minimum absolute atomic E-state index is 0.0624. The van der Waals surface area contributed by atoms with Crippen molar-refractivity contribution < 1.29 is 5.11 Å². The molecule has 0 unspecified atom stereocenters. The molecular weight excluding hydrogens is 220 g/mol. The number of aromatic nitrogens is 2. The van der Waals surface area contributed by atoms with E-state index in [1.54, 1.807) is 0 Å². The number of aliphatic hydroxyl groups excluding tert-OH is 1. The van der Waals surface area contributed by atoms with E-state index in [1.807, 2.05) is 6.20 Å². The molecule has 0 bridgehead atoms. The van der Waals surface area contributed by atoms with E-state index < -0.39 is 0 Å². The van der Waals surface area contributed by atoms with Crippen molar-refractivity contribution in [2.45, 2.75) is 52.2 Å². The van der Waals surface area contributed by atoms with Crippen LogP contribution in [0.25, 0.3) is 0 Å². The van der Waals surface area contributed by atoms with E-state index in [4.69, 9.17) is 12.2 Å². The molecule has 1 saturated carbocycles. The summed E-state index contributed by atoms with van der Waals surface area (Å²) in [6.07, 6.45) is 8.27. The van der Waals surface area contributed by atoms with Gasteiger partial charge in [0.2, 0.25) is 0 Å². The fraction of sp³-hybridized carbons (Fsp3) is 0.750. The van der Waals surface area contributed by atoms with Crippen LogP contribution in [0.3, 0.4) is 0 Å². The van der Waals surface area contributed by atoms with E-state index >= 15 is 0 Å². The number of aliphatic hydroxyl groups is 1. The number of hydrogen-bond acceptors (Lipinski definition) is 2. The van der Waals surface area contributed by atoms with Crippen LogP contribution in [0.2, 0.25) is 0 Å². The summed E-state index contributed by atoms with van der Waals surface area (Å²) in [6, 6.07) is 0. The predicted octanol–water partition coefficient (Wildman–Crippen LogP) is 3.01. The zero-order valence-corrected chi connectivity index (χ0v) is 10.6. The number of imidazole rings is 1. The lowest BCUT2D eigenvalue weighted by Gasteiger charge is -2.28. The maximum absolute atomic E-state index is 9.28. The number of hydrogen-bond donors (Lipinski definition) is 2. The van der Waals surface area contributed by atoms with Crippen LogP contribution in [0.1, 0.15) is 44.7 Å². The summed E-state index contributed by atoms with van der Waals surface area (Å²) in [5.74, 6) is 0. The fourth-order valence-electron chi connectivity index (χ4n) is 2.82. The van der Waals surface area contributed by atoms with Crippen LogP contribution < -0.4 is 0 Å². The second-order valence-electron chi connectivity index (χ2n) is 4.89. The molecule has 1 fully saturated rings. The molecule has 0 aromatic carbocycles. The Balaban J connectivity index is 2.24. The van der Waals surface area contributed by atoms with Gasteiger partial charge < -0.3 is 14.7 Å². The number of aromatic amines is 1. The highest BCUT2D eigenvalue weighted by atomic mass is 32.1. The molecule has 1 aliphatic carbocycles. The van der Waals surface area contributed by atoms with Crippen LogP contribution in [0.15, 0.2) is 6.20 Å². The van der Waals surface area contributed by atoms with Gasteiger partial charge in [-0.2, -0.15) is 0 Å². The van der Waals surface area contributed by atoms with Gasteiger partial charge >= 0.3 is 0 Å². The Morgan fingerprint density at radius 1 is 1.50 bits per heavy atom. The number of nitrogens with zero attached hydrogens (tertiary/aromatic N) is 1. The molecule has 0 atom stereocenters. The lowest BCUT2D eigenvalue weighted by Crippen LogP contribution is -2.23. The van der Waals surface area contributed by atoms with Gasteiger partial charge in [0.25, 0.3) is 0 Å². The Morgan fingerprint density at radius 2 is 2.19 bits per heavy atom. The van der Waals surface area contributed by atoms with Gasteiger partial charge in [0.15, 0.2) is 4.77 Å².